The van der Waals surface area contributed by atoms with Gasteiger partial charge in [-0.05, 0) is 75.5 Å². The summed E-state index contributed by atoms with van der Waals surface area (Å²) in [7, 11) is 0. The molecule has 0 saturated carbocycles. The van der Waals surface area contributed by atoms with Gasteiger partial charge < -0.3 is 19.5 Å². The molecule has 1 heterocycles. The predicted molar refractivity (Wildman–Crippen MR) is 141 cm³/mol. The molecule has 0 aliphatic carbocycles. The highest BCUT2D eigenvalue weighted by Crippen LogP contribution is 2.32. The molecule has 0 aliphatic rings. The summed E-state index contributed by atoms with van der Waals surface area (Å²) in [4.78, 5) is 28.9. The number of alkyl halides is 3. The molecule has 2 rings (SSSR count). The van der Waals surface area contributed by atoms with Crippen LogP contribution in [0.25, 0.3) is 0 Å². The molecule has 0 aliphatic heterocycles. The zero-order chi connectivity index (χ0) is 28.9. The molecule has 2 amide bonds. The fourth-order valence-electron chi connectivity index (χ4n) is 3.02. The van der Waals surface area contributed by atoms with E-state index < -0.39 is 41.2 Å². The third kappa shape index (κ3) is 10.9. The number of halogens is 5. The maximum absolute atomic E-state index is 13.2. The summed E-state index contributed by atoms with van der Waals surface area (Å²) in [6.07, 6.45) is -6.12. The lowest BCUT2D eigenvalue weighted by Crippen LogP contribution is -2.43. The molecule has 0 bridgehead atoms. The van der Waals surface area contributed by atoms with Crippen molar-refractivity contribution in [3.63, 3.8) is 0 Å². The van der Waals surface area contributed by atoms with Crippen molar-refractivity contribution in [3.8, 4) is 5.75 Å². The van der Waals surface area contributed by atoms with Gasteiger partial charge >= 0.3 is 18.4 Å². The molecular weight excluding hydrogens is 595 g/mol. The molecule has 2 aromatic rings. The van der Waals surface area contributed by atoms with Crippen molar-refractivity contribution in [2.75, 3.05) is 11.9 Å². The third-order valence-corrected chi connectivity index (χ3v) is 5.54. The lowest BCUT2D eigenvalue weighted by atomic mass is 10.0. The van der Waals surface area contributed by atoms with E-state index in [0.29, 0.717) is 10.0 Å². The minimum atomic E-state index is -4.52. The van der Waals surface area contributed by atoms with Crippen LogP contribution in [0.4, 0.5) is 28.6 Å². The number of hydrogen-bond donors (Lipinski definition) is 2. The van der Waals surface area contributed by atoms with Crippen LogP contribution in [-0.2, 0) is 22.1 Å². The van der Waals surface area contributed by atoms with Crippen LogP contribution in [-0.4, -0.2) is 41.0 Å². The first-order valence-electron chi connectivity index (χ1n) is 11.5. The standard InChI is InChI=1S/C25H30BrClF3N3O5/c1-23(2,3)37-21(34)31-16(11-14-8-7-9-15(10-14)25(28,29)30)13-36-18-12-17(26)19(27)32-20(18)33-22(35)38-24(4,5)6/h7-10,12,16H,11,13H2,1-6H3,(H,31,34)(H,32,33,35). The number of aromatic nitrogens is 1. The number of pyridine rings is 1. The maximum Gasteiger partial charge on any atom is 0.416 e. The second kappa shape index (κ2) is 12.4. The molecule has 0 radical (unpaired) electrons. The number of rotatable bonds is 7. The summed E-state index contributed by atoms with van der Waals surface area (Å²) in [5.74, 6) is 0.0229. The topological polar surface area (TPSA) is 98.8 Å². The van der Waals surface area contributed by atoms with Crippen molar-refractivity contribution in [1.29, 1.82) is 0 Å². The summed E-state index contributed by atoms with van der Waals surface area (Å²) in [6.45, 7) is 9.88. The van der Waals surface area contributed by atoms with Gasteiger partial charge in [-0.2, -0.15) is 13.2 Å². The number of alkyl carbamates (subject to hydrolysis) is 1. The number of carbonyl (C=O) groups is 2. The van der Waals surface area contributed by atoms with Crippen LogP contribution in [0.2, 0.25) is 5.15 Å². The smallest absolute Gasteiger partial charge is 0.416 e. The lowest BCUT2D eigenvalue weighted by Gasteiger charge is -2.24. The van der Waals surface area contributed by atoms with Crippen LogP contribution in [0, 0.1) is 0 Å². The molecule has 1 unspecified atom stereocenters. The number of hydrogen-bond acceptors (Lipinski definition) is 6. The minimum absolute atomic E-state index is 0.0137. The summed E-state index contributed by atoms with van der Waals surface area (Å²) < 4.78 is 56.4. The average Bonchev–Trinajstić information content (AvgIpc) is 2.72. The molecule has 1 atom stereocenters. The predicted octanol–water partition coefficient (Wildman–Crippen LogP) is 7.38. The Kier molecular flexibility index (Phi) is 10.3. The van der Waals surface area contributed by atoms with Crippen LogP contribution in [0.15, 0.2) is 34.8 Å². The van der Waals surface area contributed by atoms with Gasteiger partial charge in [0.2, 0.25) is 0 Å². The first kappa shape index (κ1) is 31.5. The van der Waals surface area contributed by atoms with E-state index in [1.807, 2.05) is 0 Å². The van der Waals surface area contributed by atoms with Gasteiger partial charge in [-0.15, -0.1) is 0 Å². The minimum Gasteiger partial charge on any atom is -0.487 e. The Labute approximate surface area is 232 Å². The number of anilines is 1. The summed E-state index contributed by atoms with van der Waals surface area (Å²) in [5, 5.41) is 5.13. The highest BCUT2D eigenvalue weighted by Gasteiger charge is 2.31. The van der Waals surface area contributed by atoms with E-state index in [0.717, 1.165) is 12.1 Å². The number of amides is 2. The monoisotopic (exact) mass is 623 g/mol. The van der Waals surface area contributed by atoms with Gasteiger partial charge in [0.15, 0.2) is 11.6 Å². The van der Waals surface area contributed by atoms with Crippen molar-refractivity contribution in [2.45, 2.75) is 71.4 Å². The quantitative estimate of drug-likeness (QED) is 0.312. The number of benzene rings is 1. The fraction of sp³-hybridized carbons (Fsp3) is 0.480. The van der Waals surface area contributed by atoms with Crippen molar-refractivity contribution in [3.05, 3.63) is 51.1 Å². The highest BCUT2D eigenvalue weighted by atomic mass is 79.9. The molecule has 8 nitrogen and oxygen atoms in total. The molecule has 1 aromatic heterocycles. The fourth-order valence-corrected chi connectivity index (χ4v) is 3.46. The zero-order valence-electron chi connectivity index (χ0n) is 21.8. The van der Waals surface area contributed by atoms with Gasteiger partial charge in [0, 0.05) is 6.07 Å². The molecule has 2 N–H and O–H groups in total. The molecule has 1 aromatic carbocycles. The van der Waals surface area contributed by atoms with Crippen molar-refractivity contribution < 1.29 is 37.0 Å². The van der Waals surface area contributed by atoms with E-state index in [1.54, 1.807) is 41.5 Å². The second-order valence-corrected chi connectivity index (χ2v) is 11.5. The molecule has 0 fully saturated rings. The van der Waals surface area contributed by atoms with Crippen LogP contribution in [0.3, 0.4) is 0 Å². The van der Waals surface area contributed by atoms with E-state index in [1.165, 1.54) is 18.2 Å². The van der Waals surface area contributed by atoms with Crippen molar-refractivity contribution in [1.82, 2.24) is 10.3 Å². The maximum atomic E-state index is 13.2. The summed E-state index contributed by atoms with van der Waals surface area (Å²) in [5.41, 5.74) is -2.09. The van der Waals surface area contributed by atoms with E-state index in [9.17, 15) is 22.8 Å². The van der Waals surface area contributed by atoms with Crippen LogP contribution >= 0.6 is 27.5 Å². The Morgan fingerprint density at radius 2 is 1.63 bits per heavy atom. The number of carbonyl (C=O) groups excluding carboxylic acids is 2. The molecule has 0 spiro atoms. The van der Waals surface area contributed by atoms with Crippen LogP contribution in [0.5, 0.6) is 5.75 Å². The van der Waals surface area contributed by atoms with E-state index in [-0.39, 0.29) is 29.7 Å². The Hall–Kier alpha value is -2.73. The molecule has 13 heteroatoms. The Balaban J connectivity index is 2.30. The molecular formula is C25H30BrClF3N3O5. The van der Waals surface area contributed by atoms with E-state index in [2.05, 4.69) is 31.5 Å². The highest BCUT2D eigenvalue weighted by molar-refractivity contribution is 9.10. The largest absolute Gasteiger partial charge is 0.487 e. The number of ether oxygens (including phenoxy) is 3. The first-order valence-corrected chi connectivity index (χ1v) is 12.6. The first-order chi connectivity index (χ1) is 17.3. The average molecular weight is 625 g/mol. The second-order valence-electron chi connectivity index (χ2n) is 10.3. The van der Waals surface area contributed by atoms with Crippen LogP contribution in [0.1, 0.15) is 52.7 Å². The third-order valence-electron chi connectivity index (χ3n) is 4.41. The Bertz CT molecular complexity index is 1150. The molecule has 38 heavy (non-hydrogen) atoms. The lowest BCUT2D eigenvalue weighted by molar-refractivity contribution is -0.137. The summed E-state index contributed by atoms with van der Waals surface area (Å²) >= 11 is 9.32. The van der Waals surface area contributed by atoms with Gasteiger partial charge in [0.1, 0.15) is 23.0 Å². The van der Waals surface area contributed by atoms with E-state index in [4.69, 9.17) is 25.8 Å². The van der Waals surface area contributed by atoms with Gasteiger partial charge in [-0.25, -0.2) is 14.6 Å². The van der Waals surface area contributed by atoms with Crippen LogP contribution < -0.4 is 15.4 Å². The van der Waals surface area contributed by atoms with Gasteiger partial charge in [-0.3, -0.25) is 5.32 Å². The number of nitrogens with one attached hydrogen (secondary N) is 2. The summed E-state index contributed by atoms with van der Waals surface area (Å²) in [6, 6.07) is 5.39. The molecule has 210 valence electrons. The SMILES string of the molecule is CC(C)(C)OC(=O)Nc1nc(Cl)c(Br)cc1OCC(Cc1cccc(C(F)(F)F)c1)NC(=O)OC(C)(C)C. The Morgan fingerprint density at radius 3 is 2.21 bits per heavy atom. The normalized spacial score (nSPS) is 12.9. The zero-order valence-corrected chi connectivity index (χ0v) is 24.1. The van der Waals surface area contributed by atoms with Crippen molar-refractivity contribution >= 4 is 45.5 Å². The van der Waals surface area contributed by atoms with Gasteiger partial charge in [-0.1, -0.05) is 29.8 Å². The van der Waals surface area contributed by atoms with Gasteiger partial charge in [0.05, 0.1) is 16.1 Å². The van der Waals surface area contributed by atoms with Gasteiger partial charge in [0.25, 0.3) is 0 Å². The molecule has 0 saturated heterocycles. The van der Waals surface area contributed by atoms with Crippen molar-refractivity contribution in [2.24, 2.45) is 0 Å². The number of nitrogens with zero attached hydrogens (tertiary/aromatic N) is 1. The Morgan fingerprint density at radius 1 is 1.03 bits per heavy atom. The van der Waals surface area contributed by atoms with E-state index >= 15 is 0 Å².